The van der Waals surface area contributed by atoms with Crippen LogP contribution in [0, 0.1) is 5.82 Å². The standard InChI is InChI=1S/C28H27ClF2N4O5/c1-15(36)21-13-34(23-8-5-18(10-20(21)23)33-28(39)40-19-6-7-19)14-25(37)35-12-17(30)9-24(35)27(38)32-11-16-3-2-4-22(29)26(16)31/h2-5,8,10,13,17,19,24H,6-7,9,11-12,14H2,1H3,(H,32,38)(H,33,39)/t17-,24+/m1/s1. The van der Waals surface area contributed by atoms with Gasteiger partial charge < -0.3 is 19.5 Å². The predicted molar refractivity (Wildman–Crippen MR) is 143 cm³/mol. The van der Waals surface area contributed by atoms with Crippen molar-refractivity contribution in [3.05, 3.63) is 64.6 Å². The van der Waals surface area contributed by atoms with Crippen molar-refractivity contribution in [2.45, 2.75) is 57.6 Å². The zero-order valence-electron chi connectivity index (χ0n) is 21.6. The molecule has 1 aromatic heterocycles. The van der Waals surface area contributed by atoms with Crippen LogP contribution in [0.3, 0.4) is 0 Å². The Balaban J connectivity index is 1.31. The van der Waals surface area contributed by atoms with Gasteiger partial charge in [-0.15, -0.1) is 0 Å². The van der Waals surface area contributed by atoms with Crippen LogP contribution in [0.15, 0.2) is 42.6 Å². The summed E-state index contributed by atoms with van der Waals surface area (Å²) in [5, 5.41) is 5.65. The normalized spacial score (nSPS) is 18.6. The number of benzene rings is 2. The monoisotopic (exact) mass is 572 g/mol. The summed E-state index contributed by atoms with van der Waals surface area (Å²) in [6.07, 6.45) is 0.951. The predicted octanol–water partition coefficient (Wildman–Crippen LogP) is 4.60. The molecule has 2 aromatic carbocycles. The number of nitrogens with zero attached hydrogens (tertiary/aromatic N) is 2. The van der Waals surface area contributed by atoms with Gasteiger partial charge in [0.25, 0.3) is 0 Å². The van der Waals surface area contributed by atoms with E-state index in [0.29, 0.717) is 22.2 Å². The van der Waals surface area contributed by atoms with Gasteiger partial charge in [-0.1, -0.05) is 23.7 Å². The van der Waals surface area contributed by atoms with Crippen LogP contribution in [-0.2, 0) is 27.4 Å². The van der Waals surface area contributed by atoms with Crippen molar-refractivity contribution in [2.24, 2.45) is 0 Å². The number of carbonyl (C=O) groups is 4. The van der Waals surface area contributed by atoms with Crippen LogP contribution in [0.25, 0.3) is 10.9 Å². The van der Waals surface area contributed by atoms with E-state index in [1.807, 2.05) is 0 Å². The highest BCUT2D eigenvalue weighted by Gasteiger charge is 2.40. The number of halogens is 3. The largest absolute Gasteiger partial charge is 0.446 e. The molecule has 2 heterocycles. The number of fused-ring (bicyclic) bond motifs is 1. The Morgan fingerprint density at radius 1 is 1.15 bits per heavy atom. The van der Waals surface area contributed by atoms with Gasteiger partial charge in [-0.25, -0.2) is 13.6 Å². The number of alkyl halides is 1. The van der Waals surface area contributed by atoms with Crippen LogP contribution in [0.5, 0.6) is 0 Å². The Morgan fingerprint density at radius 2 is 1.93 bits per heavy atom. The zero-order chi connectivity index (χ0) is 28.6. The summed E-state index contributed by atoms with van der Waals surface area (Å²) >= 11 is 5.79. The van der Waals surface area contributed by atoms with Crippen LogP contribution < -0.4 is 10.6 Å². The minimum Gasteiger partial charge on any atom is -0.446 e. The summed E-state index contributed by atoms with van der Waals surface area (Å²) in [7, 11) is 0. The number of rotatable bonds is 8. The number of ether oxygens (including phenoxy) is 1. The molecule has 2 fully saturated rings. The van der Waals surface area contributed by atoms with Gasteiger partial charge in [0, 0.05) is 46.9 Å². The van der Waals surface area contributed by atoms with Crippen molar-refractivity contribution in [2.75, 3.05) is 11.9 Å². The first-order valence-corrected chi connectivity index (χ1v) is 13.2. The molecule has 1 aliphatic heterocycles. The first-order valence-electron chi connectivity index (χ1n) is 12.9. The lowest BCUT2D eigenvalue weighted by Gasteiger charge is -2.24. The minimum atomic E-state index is -1.40. The van der Waals surface area contributed by atoms with Crippen molar-refractivity contribution in [1.82, 2.24) is 14.8 Å². The molecular weight excluding hydrogens is 546 g/mol. The Bertz CT molecular complexity index is 1510. The summed E-state index contributed by atoms with van der Waals surface area (Å²) < 4.78 is 35.4. The number of aromatic nitrogens is 1. The topological polar surface area (TPSA) is 110 Å². The van der Waals surface area contributed by atoms with Gasteiger partial charge in [0.15, 0.2) is 5.78 Å². The summed E-state index contributed by atoms with van der Waals surface area (Å²) in [6.45, 7) is 0.702. The molecule has 0 bridgehead atoms. The lowest BCUT2D eigenvalue weighted by Crippen LogP contribution is -2.46. The molecule has 12 heteroatoms. The molecular formula is C28H27ClF2N4O5. The SMILES string of the molecule is CC(=O)c1cn(CC(=O)N2C[C@H](F)C[C@H]2C(=O)NCc2cccc(Cl)c2F)c2ccc(NC(=O)OC3CC3)cc12. The summed E-state index contributed by atoms with van der Waals surface area (Å²) in [5.74, 6) is -2.03. The highest BCUT2D eigenvalue weighted by Crippen LogP contribution is 2.28. The average molecular weight is 573 g/mol. The van der Waals surface area contributed by atoms with E-state index in [1.54, 1.807) is 28.8 Å². The lowest BCUT2D eigenvalue weighted by atomic mass is 10.1. The third-order valence-corrected chi connectivity index (χ3v) is 7.26. The van der Waals surface area contributed by atoms with Gasteiger partial charge >= 0.3 is 6.09 Å². The van der Waals surface area contributed by atoms with Crippen molar-refractivity contribution < 1.29 is 32.7 Å². The number of likely N-dealkylation sites (tertiary alicyclic amines) is 1. The molecule has 1 saturated heterocycles. The molecule has 1 aliphatic carbocycles. The Labute approximate surface area is 233 Å². The van der Waals surface area contributed by atoms with Gasteiger partial charge in [-0.3, -0.25) is 19.7 Å². The highest BCUT2D eigenvalue weighted by molar-refractivity contribution is 6.30. The maximum atomic E-state index is 14.4. The second-order valence-electron chi connectivity index (χ2n) is 10.0. The van der Waals surface area contributed by atoms with Crippen molar-refractivity contribution in [1.29, 1.82) is 0 Å². The van der Waals surface area contributed by atoms with Gasteiger partial charge in [0.1, 0.15) is 30.7 Å². The second kappa shape index (κ2) is 11.2. The molecule has 2 N–H and O–H groups in total. The molecule has 0 unspecified atom stereocenters. The number of Topliss-reactive ketones (excluding diaryl/α,β-unsaturated/α-hetero) is 1. The fourth-order valence-corrected chi connectivity index (χ4v) is 5.00. The summed E-state index contributed by atoms with van der Waals surface area (Å²) in [4.78, 5) is 51.8. The van der Waals surface area contributed by atoms with Crippen molar-refractivity contribution in [3.63, 3.8) is 0 Å². The molecule has 1 saturated carbocycles. The van der Waals surface area contributed by atoms with Crippen LogP contribution in [-0.4, -0.2) is 58.0 Å². The van der Waals surface area contributed by atoms with Gasteiger partial charge in [0.2, 0.25) is 11.8 Å². The average Bonchev–Trinajstić information content (AvgIpc) is 3.52. The van der Waals surface area contributed by atoms with Gasteiger partial charge in [-0.05, 0) is 44.0 Å². The fraction of sp³-hybridized carbons (Fsp3) is 0.357. The van der Waals surface area contributed by atoms with E-state index in [9.17, 15) is 28.0 Å². The number of anilines is 1. The van der Waals surface area contributed by atoms with Crippen molar-refractivity contribution in [3.8, 4) is 0 Å². The van der Waals surface area contributed by atoms with Gasteiger partial charge in [0.05, 0.1) is 11.6 Å². The fourth-order valence-electron chi connectivity index (χ4n) is 4.80. The number of ketones is 1. The molecule has 2 aliphatic rings. The van der Waals surface area contributed by atoms with E-state index in [1.165, 1.54) is 25.3 Å². The number of amides is 3. The van der Waals surface area contributed by atoms with E-state index in [4.69, 9.17) is 16.3 Å². The van der Waals surface area contributed by atoms with Crippen molar-refractivity contribution >= 4 is 51.9 Å². The molecule has 5 rings (SSSR count). The third-order valence-electron chi connectivity index (χ3n) is 6.97. The first kappa shape index (κ1) is 27.6. The number of hydrogen-bond acceptors (Lipinski definition) is 5. The summed E-state index contributed by atoms with van der Waals surface area (Å²) in [5.41, 5.74) is 1.48. The Morgan fingerprint density at radius 3 is 2.65 bits per heavy atom. The molecule has 3 amide bonds. The number of nitrogens with one attached hydrogen (secondary N) is 2. The quantitative estimate of drug-likeness (QED) is 0.383. The van der Waals surface area contributed by atoms with Crippen LogP contribution in [0.1, 0.15) is 42.1 Å². The molecule has 2 atom stereocenters. The molecule has 40 heavy (non-hydrogen) atoms. The number of carbonyl (C=O) groups excluding carboxylic acids is 4. The smallest absolute Gasteiger partial charge is 0.411 e. The summed E-state index contributed by atoms with van der Waals surface area (Å²) in [6, 6.07) is 8.24. The second-order valence-corrected chi connectivity index (χ2v) is 10.4. The zero-order valence-corrected chi connectivity index (χ0v) is 22.3. The molecule has 9 nitrogen and oxygen atoms in total. The number of hydrogen-bond donors (Lipinski definition) is 2. The van der Waals surface area contributed by atoms with Gasteiger partial charge in [-0.2, -0.15) is 0 Å². The molecule has 3 aromatic rings. The maximum Gasteiger partial charge on any atom is 0.411 e. The third kappa shape index (κ3) is 5.94. The molecule has 0 spiro atoms. The Kier molecular flexibility index (Phi) is 7.75. The first-order chi connectivity index (χ1) is 19.1. The van der Waals surface area contributed by atoms with E-state index >= 15 is 0 Å². The Hall–Kier alpha value is -3.99. The molecule has 0 radical (unpaired) electrons. The molecule has 210 valence electrons. The van der Waals surface area contributed by atoms with E-state index in [0.717, 1.165) is 17.7 Å². The van der Waals surface area contributed by atoms with Crippen LogP contribution >= 0.6 is 11.6 Å². The van der Waals surface area contributed by atoms with Crippen LogP contribution in [0.4, 0.5) is 19.3 Å². The maximum absolute atomic E-state index is 14.4. The highest BCUT2D eigenvalue weighted by atomic mass is 35.5. The van der Waals surface area contributed by atoms with E-state index in [-0.39, 0.29) is 48.5 Å². The van der Waals surface area contributed by atoms with E-state index in [2.05, 4.69) is 10.6 Å². The van der Waals surface area contributed by atoms with Crippen LogP contribution in [0.2, 0.25) is 5.02 Å². The lowest BCUT2D eigenvalue weighted by molar-refractivity contribution is -0.139. The van der Waals surface area contributed by atoms with E-state index < -0.39 is 35.9 Å². The minimum absolute atomic E-state index is 0.0676.